The number of piperidine rings is 1. The molecule has 1 aromatic rings. The van der Waals surface area contributed by atoms with E-state index < -0.39 is 14.9 Å². The largest absolute Gasteiger partial charge is 0.357 e. The average Bonchev–Trinajstić information content (AvgIpc) is 2.66. The summed E-state index contributed by atoms with van der Waals surface area (Å²) >= 11 is 0. The first-order valence-corrected chi connectivity index (χ1v) is 11.3. The maximum Gasteiger partial charge on any atom is 0.293 e. The molecule has 0 spiro atoms. The number of nitro benzene ring substituents is 1. The van der Waals surface area contributed by atoms with Gasteiger partial charge in [0.15, 0.2) is 0 Å². The van der Waals surface area contributed by atoms with E-state index in [1.54, 1.807) is 19.0 Å². The number of benzene rings is 1. The number of hydrogen-bond acceptors (Lipinski definition) is 6. The molecular weight excluding hydrogens is 396 g/mol. The minimum Gasteiger partial charge on any atom is -0.357 e. The van der Waals surface area contributed by atoms with Crippen molar-refractivity contribution in [3.05, 3.63) is 28.3 Å². The van der Waals surface area contributed by atoms with E-state index in [-0.39, 0.29) is 34.6 Å². The molecule has 1 saturated heterocycles. The van der Waals surface area contributed by atoms with Crippen molar-refractivity contribution in [2.45, 2.75) is 38.0 Å². The molecule has 2 rings (SSSR count). The van der Waals surface area contributed by atoms with Gasteiger partial charge in [-0.05, 0) is 37.3 Å². The molecule has 10 heteroatoms. The van der Waals surface area contributed by atoms with Crippen LogP contribution in [0.3, 0.4) is 0 Å². The van der Waals surface area contributed by atoms with Gasteiger partial charge in [0.1, 0.15) is 5.69 Å². The zero-order valence-electron chi connectivity index (χ0n) is 17.5. The first-order chi connectivity index (χ1) is 13.6. The van der Waals surface area contributed by atoms with Crippen LogP contribution in [0.1, 0.15) is 33.1 Å². The van der Waals surface area contributed by atoms with Crippen LogP contribution in [0.25, 0.3) is 0 Å². The number of rotatable bonds is 8. The summed E-state index contributed by atoms with van der Waals surface area (Å²) in [5.41, 5.74) is -0.0610. The maximum absolute atomic E-state index is 13.0. The number of anilines is 1. The van der Waals surface area contributed by atoms with Gasteiger partial charge >= 0.3 is 0 Å². The van der Waals surface area contributed by atoms with Gasteiger partial charge in [-0.2, -0.15) is 4.31 Å². The SMILES string of the molecule is CCCN(CC(=O)N(C)C)c1ccc(S(=O)(=O)N2CCC[C@@H](C)C2)cc1[N+](=O)[O-]. The Morgan fingerprint density at radius 1 is 1.34 bits per heavy atom. The Kier molecular flexibility index (Phi) is 7.59. The summed E-state index contributed by atoms with van der Waals surface area (Å²) in [5.74, 6) is 0.0663. The van der Waals surface area contributed by atoms with E-state index in [0.717, 1.165) is 18.9 Å². The van der Waals surface area contributed by atoms with E-state index in [0.29, 0.717) is 26.1 Å². The molecule has 0 aliphatic carbocycles. The van der Waals surface area contributed by atoms with E-state index in [9.17, 15) is 23.3 Å². The quantitative estimate of drug-likeness (QED) is 0.467. The van der Waals surface area contributed by atoms with Crippen molar-refractivity contribution in [1.82, 2.24) is 9.21 Å². The molecular formula is C19H30N4O5S. The molecule has 9 nitrogen and oxygen atoms in total. The van der Waals surface area contributed by atoms with E-state index in [4.69, 9.17) is 0 Å². The molecule has 0 radical (unpaired) electrons. The number of likely N-dealkylation sites (N-methyl/N-ethyl adjacent to an activating group) is 1. The van der Waals surface area contributed by atoms with Crippen molar-refractivity contribution < 1.29 is 18.1 Å². The molecule has 1 amide bonds. The predicted molar refractivity (Wildman–Crippen MR) is 111 cm³/mol. The first-order valence-electron chi connectivity index (χ1n) is 9.81. The molecule has 29 heavy (non-hydrogen) atoms. The Bertz CT molecular complexity index is 856. The fourth-order valence-corrected chi connectivity index (χ4v) is 5.07. The third-order valence-corrected chi connectivity index (χ3v) is 6.92. The van der Waals surface area contributed by atoms with Crippen LogP contribution >= 0.6 is 0 Å². The van der Waals surface area contributed by atoms with Gasteiger partial charge in [-0.1, -0.05) is 13.8 Å². The Labute approximate surface area is 172 Å². The summed E-state index contributed by atoms with van der Waals surface area (Å²) in [6, 6.07) is 3.96. The number of nitrogens with zero attached hydrogens (tertiary/aromatic N) is 4. The standard InChI is InChI=1S/C19H30N4O5S/c1-5-10-21(14-19(24)20(3)4)17-9-8-16(12-18(17)23(25)26)29(27,28)22-11-6-7-15(2)13-22/h8-9,12,15H,5-7,10-11,13-14H2,1-4H3/t15-/m1/s1. The first kappa shape index (κ1) is 23.1. The van der Waals surface area contributed by atoms with Gasteiger partial charge in [-0.25, -0.2) is 8.42 Å². The lowest BCUT2D eigenvalue weighted by Crippen LogP contribution is -2.39. The molecule has 0 N–H and O–H groups in total. The second kappa shape index (κ2) is 9.53. The van der Waals surface area contributed by atoms with Crippen LogP contribution in [-0.2, 0) is 14.8 Å². The van der Waals surface area contributed by atoms with Crippen LogP contribution in [0.15, 0.2) is 23.1 Å². The van der Waals surface area contributed by atoms with Gasteiger partial charge in [0.05, 0.1) is 16.4 Å². The minimum atomic E-state index is -3.81. The van der Waals surface area contributed by atoms with Gasteiger partial charge in [-0.15, -0.1) is 0 Å². The zero-order valence-corrected chi connectivity index (χ0v) is 18.3. The summed E-state index contributed by atoms with van der Waals surface area (Å²) < 4.78 is 27.4. The summed E-state index contributed by atoms with van der Waals surface area (Å²) in [5, 5.41) is 11.7. The van der Waals surface area contributed by atoms with Crippen molar-refractivity contribution in [3.8, 4) is 0 Å². The van der Waals surface area contributed by atoms with Crippen molar-refractivity contribution in [1.29, 1.82) is 0 Å². The number of carbonyl (C=O) groups is 1. The lowest BCUT2D eigenvalue weighted by Gasteiger charge is -2.30. The smallest absolute Gasteiger partial charge is 0.293 e. The molecule has 1 aliphatic rings. The number of sulfonamides is 1. The van der Waals surface area contributed by atoms with Crippen molar-refractivity contribution in [3.63, 3.8) is 0 Å². The fourth-order valence-electron chi connectivity index (χ4n) is 3.45. The molecule has 1 heterocycles. The summed E-state index contributed by atoms with van der Waals surface area (Å²) in [7, 11) is -0.565. The highest BCUT2D eigenvalue weighted by Crippen LogP contribution is 2.33. The fraction of sp³-hybridized carbons (Fsp3) is 0.632. The summed E-state index contributed by atoms with van der Waals surface area (Å²) in [6.45, 7) is 5.17. The van der Waals surface area contributed by atoms with Gasteiger partial charge in [-0.3, -0.25) is 14.9 Å². The van der Waals surface area contributed by atoms with Crippen molar-refractivity contribution >= 4 is 27.3 Å². The highest BCUT2D eigenvalue weighted by Gasteiger charge is 2.31. The molecule has 1 aliphatic heterocycles. The van der Waals surface area contributed by atoms with Gasteiger partial charge < -0.3 is 9.80 Å². The predicted octanol–water partition coefficient (Wildman–Crippen LogP) is 2.32. The van der Waals surface area contributed by atoms with E-state index >= 15 is 0 Å². The van der Waals surface area contributed by atoms with E-state index in [1.165, 1.54) is 21.3 Å². The highest BCUT2D eigenvalue weighted by atomic mass is 32.2. The molecule has 1 fully saturated rings. The van der Waals surface area contributed by atoms with E-state index in [2.05, 4.69) is 0 Å². The molecule has 162 valence electrons. The minimum absolute atomic E-state index is 0.0165. The van der Waals surface area contributed by atoms with Crippen LogP contribution in [0.2, 0.25) is 0 Å². The molecule has 0 aromatic heterocycles. The van der Waals surface area contributed by atoms with Crippen molar-refractivity contribution in [2.24, 2.45) is 5.92 Å². The Hall–Kier alpha value is -2.20. The Balaban J connectivity index is 2.43. The van der Waals surface area contributed by atoms with Gasteiger partial charge in [0.2, 0.25) is 15.9 Å². The van der Waals surface area contributed by atoms with Gasteiger partial charge in [0, 0.05) is 39.8 Å². The van der Waals surface area contributed by atoms with Gasteiger partial charge in [0.25, 0.3) is 5.69 Å². The third-order valence-electron chi connectivity index (χ3n) is 5.06. The number of amides is 1. The highest BCUT2D eigenvalue weighted by molar-refractivity contribution is 7.89. The molecule has 0 unspecified atom stereocenters. The van der Waals surface area contributed by atoms with Crippen LogP contribution in [-0.4, -0.2) is 68.7 Å². The van der Waals surface area contributed by atoms with E-state index in [1.807, 2.05) is 13.8 Å². The number of hydrogen-bond donors (Lipinski definition) is 0. The molecule has 1 atom stereocenters. The lowest BCUT2D eigenvalue weighted by molar-refractivity contribution is -0.384. The number of carbonyl (C=O) groups excluding carboxylic acids is 1. The Morgan fingerprint density at radius 3 is 2.59 bits per heavy atom. The monoisotopic (exact) mass is 426 g/mol. The maximum atomic E-state index is 13.0. The molecule has 0 bridgehead atoms. The van der Waals surface area contributed by atoms with Crippen LogP contribution < -0.4 is 4.90 Å². The second-order valence-electron chi connectivity index (χ2n) is 7.73. The normalized spacial score (nSPS) is 17.7. The van der Waals surface area contributed by atoms with Crippen LogP contribution in [0.4, 0.5) is 11.4 Å². The Morgan fingerprint density at radius 2 is 2.03 bits per heavy atom. The lowest BCUT2D eigenvalue weighted by atomic mass is 10.0. The third kappa shape index (κ3) is 5.45. The molecule has 1 aromatic carbocycles. The molecule has 0 saturated carbocycles. The second-order valence-corrected chi connectivity index (χ2v) is 9.67. The van der Waals surface area contributed by atoms with Crippen molar-refractivity contribution in [2.75, 3.05) is 45.2 Å². The zero-order chi connectivity index (χ0) is 21.8. The number of nitro groups is 1. The van der Waals surface area contributed by atoms with Crippen LogP contribution in [0.5, 0.6) is 0 Å². The van der Waals surface area contributed by atoms with Crippen LogP contribution in [0, 0.1) is 16.0 Å². The topological polar surface area (TPSA) is 104 Å². The average molecular weight is 427 g/mol. The summed E-state index contributed by atoms with van der Waals surface area (Å²) in [4.78, 5) is 26.3. The summed E-state index contributed by atoms with van der Waals surface area (Å²) in [6.07, 6.45) is 2.43.